The van der Waals surface area contributed by atoms with Gasteiger partial charge in [-0.05, 0) is 30.5 Å². The number of hydrogen-bond acceptors (Lipinski definition) is 3. The molecule has 0 aliphatic carbocycles. The number of rotatable bonds is 4. The lowest BCUT2D eigenvalue weighted by Crippen LogP contribution is -2.00. The summed E-state index contributed by atoms with van der Waals surface area (Å²) in [6, 6.07) is 5.35. The number of carbonyl (C=O) groups is 1. The summed E-state index contributed by atoms with van der Waals surface area (Å²) in [6.45, 7) is 10.6. The topological polar surface area (TPSA) is 52.3 Å². The normalized spacial score (nSPS) is 10.7. The maximum absolute atomic E-state index is 10.4. The van der Waals surface area contributed by atoms with Gasteiger partial charge in [0.2, 0.25) is 0 Å². The van der Waals surface area contributed by atoms with E-state index in [-0.39, 0.29) is 0 Å². The summed E-state index contributed by atoms with van der Waals surface area (Å²) in [4.78, 5) is 10.4. The zero-order valence-electron chi connectivity index (χ0n) is 11.9. The Kier molecular flexibility index (Phi) is 7.52. The SMILES string of the molecule is C/C=C(\c1ccc(N)cc1OC=O)C(C)C.CC. The van der Waals surface area contributed by atoms with Crippen molar-refractivity contribution in [1.82, 2.24) is 0 Å². The summed E-state index contributed by atoms with van der Waals surface area (Å²) in [5, 5.41) is 0. The van der Waals surface area contributed by atoms with E-state index in [4.69, 9.17) is 10.5 Å². The fourth-order valence-electron chi connectivity index (χ4n) is 1.73. The van der Waals surface area contributed by atoms with E-state index >= 15 is 0 Å². The van der Waals surface area contributed by atoms with Crippen LogP contribution in [0.15, 0.2) is 24.3 Å². The average Bonchev–Trinajstić information content (AvgIpc) is 2.35. The van der Waals surface area contributed by atoms with Gasteiger partial charge >= 0.3 is 0 Å². The van der Waals surface area contributed by atoms with Gasteiger partial charge in [-0.3, -0.25) is 4.79 Å². The summed E-state index contributed by atoms with van der Waals surface area (Å²) in [6.07, 6.45) is 2.02. The highest BCUT2D eigenvalue weighted by molar-refractivity contribution is 5.74. The van der Waals surface area contributed by atoms with E-state index in [9.17, 15) is 4.79 Å². The van der Waals surface area contributed by atoms with Gasteiger partial charge in [0, 0.05) is 17.3 Å². The molecule has 0 radical (unpaired) electrons. The van der Waals surface area contributed by atoms with Gasteiger partial charge in [-0.25, -0.2) is 0 Å². The van der Waals surface area contributed by atoms with Crippen LogP contribution in [0.2, 0.25) is 0 Å². The van der Waals surface area contributed by atoms with Crippen LogP contribution in [0.3, 0.4) is 0 Å². The molecule has 3 heteroatoms. The van der Waals surface area contributed by atoms with Crippen LogP contribution in [0.1, 0.15) is 40.2 Å². The molecule has 0 amide bonds. The quantitative estimate of drug-likeness (QED) is 0.650. The molecule has 1 aromatic rings. The number of hydrogen-bond donors (Lipinski definition) is 1. The second-order valence-electron chi connectivity index (χ2n) is 3.87. The van der Waals surface area contributed by atoms with Gasteiger partial charge in [0.1, 0.15) is 5.75 Å². The van der Waals surface area contributed by atoms with Crippen LogP contribution in [0.5, 0.6) is 5.75 Å². The lowest BCUT2D eigenvalue weighted by atomic mass is 9.94. The number of anilines is 1. The highest BCUT2D eigenvalue weighted by Crippen LogP contribution is 2.32. The number of carbonyl (C=O) groups excluding carboxylic acids is 1. The molecule has 1 rings (SSSR count). The van der Waals surface area contributed by atoms with Gasteiger partial charge in [-0.15, -0.1) is 0 Å². The van der Waals surface area contributed by atoms with Crippen molar-refractivity contribution < 1.29 is 9.53 Å². The molecule has 1 aromatic carbocycles. The Labute approximate surface area is 110 Å². The van der Waals surface area contributed by atoms with E-state index in [1.807, 2.05) is 32.9 Å². The van der Waals surface area contributed by atoms with E-state index in [0.717, 1.165) is 11.1 Å². The van der Waals surface area contributed by atoms with E-state index in [1.165, 1.54) is 0 Å². The third-order valence-corrected chi connectivity index (χ3v) is 2.42. The maximum Gasteiger partial charge on any atom is 0.298 e. The van der Waals surface area contributed by atoms with Crippen molar-refractivity contribution in [3.05, 3.63) is 29.8 Å². The summed E-state index contributed by atoms with van der Waals surface area (Å²) in [7, 11) is 0. The number of ether oxygens (including phenoxy) is 1. The molecule has 0 aliphatic rings. The molecule has 0 bridgehead atoms. The Morgan fingerprint density at radius 3 is 2.39 bits per heavy atom. The molecule has 0 atom stereocenters. The Balaban J connectivity index is 0.00000137. The molecule has 0 saturated heterocycles. The van der Waals surface area contributed by atoms with Crippen LogP contribution in [-0.4, -0.2) is 6.47 Å². The second-order valence-corrected chi connectivity index (χ2v) is 3.87. The molecule has 0 aromatic heterocycles. The standard InChI is InChI=1S/C13H17NO2.C2H6/c1-4-11(9(2)3)12-6-5-10(14)7-13(12)16-8-15;1-2/h4-9H,14H2,1-3H3;1-2H3/b11-4-;. The van der Waals surface area contributed by atoms with Crippen molar-refractivity contribution in [3.8, 4) is 5.75 Å². The predicted octanol–water partition coefficient (Wildman–Crippen LogP) is 3.89. The summed E-state index contributed by atoms with van der Waals surface area (Å²) < 4.78 is 4.95. The average molecular weight is 249 g/mol. The van der Waals surface area contributed by atoms with Gasteiger partial charge in [0.15, 0.2) is 0 Å². The van der Waals surface area contributed by atoms with Crippen LogP contribution < -0.4 is 10.5 Å². The second kappa shape index (κ2) is 8.34. The van der Waals surface area contributed by atoms with Crippen LogP contribution in [-0.2, 0) is 4.79 Å². The lowest BCUT2D eigenvalue weighted by Gasteiger charge is -2.14. The van der Waals surface area contributed by atoms with Crippen LogP contribution in [0.4, 0.5) is 5.69 Å². The number of nitrogens with two attached hydrogens (primary N) is 1. The molecule has 0 fully saturated rings. The smallest absolute Gasteiger partial charge is 0.298 e. The minimum Gasteiger partial charge on any atom is -0.428 e. The monoisotopic (exact) mass is 249 g/mol. The first-order valence-electron chi connectivity index (χ1n) is 6.26. The molecular formula is C15H23NO2. The fraction of sp³-hybridized carbons (Fsp3) is 0.400. The third kappa shape index (κ3) is 4.24. The highest BCUT2D eigenvalue weighted by Gasteiger charge is 2.11. The third-order valence-electron chi connectivity index (χ3n) is 2.42. The highest BCUT2D eigenvalue weighted by atomic mass is 16.5. The zero-order chi connectivity index (χ0) is 14.1. The molecule has 0 heterocycles. The molecule has 18 heavy (non-hydrogen) atoms. The molecule has 3 nitrogen and oxygen atoms in total. The molecule has 100 valence electrons. The first-order chi connectivity index (χ1) is 8.60. The van der Waals surface area contributed by atoms with Gasteiger partial charge in [-0.2, -0.15) is 0 Å². The van der Waals surface area contributed by atoms with E-state index in [1.54, 1.807) is 12.1 Å². The van der Waals surface area contributed by atoms with Crippen LogP contribution in [0, 0.1) is 5.92 Å². The van der Waals surface area contributed by atoms with Crippen molar-refractivity contribution in [2.24, 2.45) is 5.92 Å². The van der Waals surface area contributed by atoms with E-state index in [0.29, 0.717) is 23.8 Å². The maximum atomic E-state index is 10.4. The molecular weight excluding hydrogens is 226 g/mol. The largest absolute Gasteiger partial charge is 0.428 e. The minimum atomic E-state index is 0.364. The Hall–Kier alpha value is -1.77. The Morgan fingerprint density at radius 2 is 1.94 bits per heavy atom. The van der Waals surface area contributed by atoms with Crippen molar-refractivity contribution in [1.29, 1.82) is 0 Å². The molecule has 0 unspecified atom stereocenters. The van der Waals surface area contributed by atoms with Crippen LogP contribution >= 0.6 is 0 Å². The van der Waals surface area contributed by atoms with E-state index < -0.39 is 0 Å². The Bertz CT molecular complexity index is 409. The van der Waals surface area contributed by atoms with Crippen molar-refractivity contribution >= 4 is 17.7 Å². The fourth-order valence-corrected chi connectivity index (χ4v) is 1.73. The van der Waals surface area contributed by atoms with Crippen LogP contribution in [0.25, 0.3) is 5.57 Å². The van der Waals surface area contributed by atoms with E-state index in [2.05, 4.69) is 13.8 Å². The minimum absolute atomic E-state index is 0.364. The number of benzene rings is 1. The van der Waals surface area contributed by atoms with Gasteiger partial charge < -0.3 is 10.5 Å². The predicted molar refractivity (Wildman–Crippen MR) is 77.4 cm³/mol. The number of nitrogen functional groups attached to an aromatic ring is 1. The van der Waals surface area contributed by atoms with Gasteiger partial charge in [0.25, 0.3) is 6.47 Å². The summed E-state index contributed by atoms with van der Waals surface area (Å²) in [5.41, 5.74) is 8.29. The molecule has 2 N–H and O–H groups in total. The van der Waals surface area contributed by atoms with Crippen molar-refractivity contribution in [2.45, 2.75) is 34.6 Å². The van der Waals surface area contributed by atoms with Gasteiger partial charge in [-0.1, -0.05) is 33.8 Å². The zero-order valence-corrected chi connectivity index (χ0v) is 11.9. The summed E-state index contributed by atoms with van der Waals surface area (Å²) in [5.74, 6) is 0.874. The summed E-state index contributed by atoms with van der Waals surface area (Å²) >= 11 is 0. The number of allylic oxidation sites excluding steroid dienone is 2. The Morgan fingerprint density at radius 1 is 1.33 bits per heavy atom. The molecule has 0 spiro atoms. The van der Waals surface area contributed by atoms with Crippen molar-refractivity contribution in [2.75, 3.05) is 5.73 Å². The molecule has 0 aliphatic heterocycles. The lowest BCUT2D eigenvalue weighted by molar-refractivity contribution is -0.120. The first-order valence-corrected chi connectivity index (χ1v) is 6.26. The molecule has 0 saturated carbocycles. The first kappa shape index (κ1) is 16.2. The van der Waals surface area contributed by atoms with Crippen molar-refractivity contribution in [3.63, 3.8) is 0 Å². The van der Waals surface area contributed by atoms with Gasteiger partial charge in [0.05, 0.1) is 0 Å².